The molecule has 3 N–H and O–H groups in total. The molecule has 110 valence electrons. The van der Waals surface area contributed by atoms with Crippen molar-refractivity contribution in [1.82, 2.24) is 14.8 Å². The molecule has 0 amide bonds. The first-order valence-electron chi connectivity index (χ1n) is 6.19. The molecule has 3 rings (SSSR count). The molecule has 3 aromatic rings. The number of esters is 1. The number of benzene rings is 1. The van der Waals surface area contributed by atoms with Gasteiger partial charge in [0.2, 0.25) is 0 Å². The van der Waals surface area contributed by atoms with Crippen LogP contribution in [-0.4, -0.2) is 27.8 Å². The second-order valence-corrected chi connectivity index (χ2v) is 5.36. The van der Waals surface area contributed by atoms with Crippen LogP contribution in [0.5, 0.6) is 0 Å². The third kappa shape index (κ3) is 1.95. The molecular weight excluding hydrogens is 350 g/mol. The van der Waals surface area contributed by atoms with Crippen LogP contribution in [0, 0.1) is 11.3 Å². The number of carbonyl (C=O) groups is 1. The molecule has 7 nitrogen and oxygen atoms in total. The first kappa shape index (κ1) is 14.2. The van der Waals surface area contributed by atoms with E-state index in [1.807, 2.05) is 12.1 Å². The van der Waals surface area contributed by atoms with Crippen LogP contribution in [0.1, 0.15) is 16.1 Å². The van der Waals surface area contributed by atoms with E-state index in [2.05, 4.69) is 26.1 Å². The summed E-state index contributed by atoms with van der Waals surface area (Å²) in [6.07, 6.45) is 3.17. The van der Waals surface area contributed by atoms with Crippen LogP contribution in [0.15, 0.2) is 29.0 Å². The SMILES string of the molecule is COC(=O)c1c(N)c(C#N)cn1-c1ccc(Br)c2cn[nH]c12. The number of hydrogen-bond acceptors (Lipinski definition) is 5. The lowest BCUT2D eigenvalue weighted by Crippen LogP contribution is -2.11. The molecule has 0 saturated carbocycles. The van der Waals surface area contributed by atoms with Gasteiger partial charge in [-0.1, -0.05) is 15.9 Å². The molecule has 2 heterocycles. The zero-order valence-electron chi connectivity index (χ0n) is 11.4. The summed E-state index contributed by atoms with van der Waals surface area (Å²) in [5, 5.41) is 16.9. The topological polar surface area (TPSA) is 110 Å². The first-order chi connectivity index (χ1) is 10.6. The number of nitrogen functional groups attached to an aromatic ring is 1. The number of nitrogens with one attached hydrogen (secondary N) is 1. The Bertz CT molecular complexity index is 935. The summed E-state index contributed by atoms with van der Waals surface area (Å²) in [6, 6.07) is 5.59. The molecule has 2 aromatic heterocycles. The number of methoxy groups -OCH3 is 1. The minimum absolute atomic E-state index is 0.0879. The van der Waals surface area contributed by atoms with Crippen molar-refractivity contribution in [2.24, 2.45) is 0 Å². The Hall–Kier alpha value is -2.79. The molecule has 0 unspecified atom stereocenters. The zero-order chi connectivity index (χ0) is 15.9. The summed E-state index contributed by atoms with van der Waals surface area (Å²) in [4.78, 5) is 12.0. The van der Waals surface area contributed by atoms with Crippen molar-refractivity contribution in [2.75, 3.05) is 12.8 Å². The highest BCUT2D eigenvalue weighted by Crippen LogP contribution is 2.31. The number of nitrogens with two attached hydrogens (primary N) is 1. The summed E-state index contributed by atoms with van der Waals surface area (Å²) < 4.78 is 7.17. The predicted molar refractivity (Wildman–Crippen MR) is 83.6 cm³/mol. The van der Waals surface area contributed by atoms with E-state index in [-0.39, 0.29) is 16.9 Å². The van der Waals surface area contributed by atoms with Gasteiger partial charge in [-0.2, -0.15) is 10.4 Å². The average Bonchev–Trinajstić information content (AvgIpc) is 3.12. The van der Waals surface area contributed by atoms with Gasteiger partial charge >= 0.3 is 5.97 Å². The van der Waals surface area contributed by atoms with Crippen LogP contribution < -0.4 is 5.73 Å². The van der Waals surface area contributed by atoms with E-state index in [0.29, 0.717) is 11.2 Å². The molecule has 8 heteroatoms. The predicted octanol–water partition coefficient (Wildman–Crippen LogP) is 2.36. The molecule has 1 aromatic carbocycles. The van der Waals surface area contributed by atoms with Crippen molar-refractivity contribution >= 4 is 38.5 Å². The van der Waals surface area contributed by atoms with Crippen molar-refractivity contribution in [3.8, 4) is 11.8 Å². The molecule has 0 aliphatic carbocycles. The molecule has 0 fully saturated rings. The maximum atomic E-state index is 12.0. The fourth-order valence-corrected chi connectivity index (χ4v) is 2.73. The van der Waals surface area contributed by atoms with Gasteiger partial charge in [0, 0.05) is 16.1 Å². The number of hydrogen-bond donors (Lipinski definition) is 2. The molecule has 0 bridgehead atoms. The fraction of sp³-hybridized carbons (Fsp3) is 0.0714. The maximum absolute atomic E-state index is 12.0. The largest absolute Gasteiger partial charge is 0.464 e. The lowest BCUT2D eigenvalue weighted by atomic mass is 10.2. The minimum atomic E-state index is -0.616. The van der Waals surface area contributed by atoms with Gasteiger partial charge in [-0.25, -0.2) is 4.79 Å². The molecule has 0 saturated heterocycles. The molecule has 0 spiro atoms. The van der Waals surface area contributed by atoms with Crippen molar-refractivity contribution in [3.63, 3.8) is 0 Å². The van der Waals surface area contributed by atoms with Crippen LogP contribution in [0.4, 0.5) is 5.69 Å². The highest BCUT2D eigenvalue weighted by molar-refractivity contribution is 9.10. The van der Waals surface area contributed by atoms with Gasteiger partial charge in [-0.05, 0) is 12.1 Å². The second-order valence-electron chi connectivity index (χ2n) is 4.50. The van der Waals surface area contributed by atoms with E-state index in [4.69, 9.17) is 15.7 Å². The molecule has 0 atom stereocenters. The van der Waals surface area contributed by atoms with Crippen LogP contribution >= 0.6 is 15.9 Å². The summed E-state index contributed by atoms with van der Waals surface area (Å²) in [6.45, 7) is 0. The highest BCUT2D eigenvalue weighted by atomic mass is 79.9. The Kier molecular flexibility index (Phi) is 3.35. The van der Waals surface area contributed by atoms with Crippen molar-refractivity contribution in [1.29, 1.82) is 5.26 Å². The number of fused-ring (bicyclic) bond motifs is 1. The van der Waals surface area contributed by atoms with E-state index < -0.39 is 5.97 Å². The van der Waals surface area contributed by atoms with E-state index in [1.165, 1.54) is 17.9 Å². The number of rotatable bonds is 2. The Morgan fingerprint density at radius 3 is 3.00 bits per heavy atom. The van der Waals surface area contributed by atoms with Crippen molar-refractivity contribution in [2.45, 2.75) is 0 Å². The summed E-state index contributed by atoms with van der Waals surface area (Å²) >= 11 is 3.44. The van der Waals surface area contributed by atoms with Gasteiger partial charge in [0.25, 0.3) is 0 Å². The number of aromatic nitrogens is 3. The Balaban J connectivity index is 2.36. The molecular formula is C14H10BrN5O2. The van der Waals surface area contributed by atoms with Crippen LogP contribution in [-0.2, 0) is 4.74 Å². The van der Waals surface area contributed by atoms with Crippen LogP contribution in [0.2, 0.25) is 0 Å². The summed E-state index contributed by atoms with van der Waals surface area (Å²) in [5.74, 6) is -0.616. The van der Waals surface area contributed by atoms with Gasteiger partial charge in [0.15, 0.2) is 5.69 Å². The lowest BCUT2D eigenvalue weighted by molar-refractivity contribution is 0.0593. The minimum Gasteiger partial charge on any atom is -0.464 e. The average molecular weight is 360 g/mol. The van der Waals surface area contributed by atoms with Crippen molar-refractivity contribution in [3.05, 3.63) is 40.3 Å². The van der Waals surface area contributed by atoms with Gasteiger partial charge in [0.05, 0.1) is 35.8 Å². The summed E-state index contributed by atoms with van der Waals surface area (Å²) in [7, 11) is 1.26. The molecule has 0 radical (unpaired) electrons. The molecule has 0 aliphatic rings. The van der Waals surface area contributed by atoms with Crippen molar-refractivity contribution < 1.29 is 9.53 Å². The zero-order valence-corrected chi connectivity index (χ0v) is 13.0. The number of carbonyl (C=O) groups excluding carboxylic acids is 1. The number of halogens is 1. The second kappa shape index (κ2) is 5.20. The number of nitrogens with zero attached hydrogens (tertiary/aromatic N) is 3. The van der Waals surface area contributed by atoms with E-state index >= 15 is 0 Å². The normalized spacial score (nSPS) is 10.6. The Labute approximate surface area is 133 Å². The standard InChI is InChI=1S/C14H10BrN5O2/c1-22-14(21)13-11(17)7(4-16)6-20(13)10-3-2-9(15)8-5-18-19-12(8)10/h2-3,5-6H,17H2,1H3,(H,18,19). The smallest absolute Gasteiger partial charge is 0.357 e. The first-order valence-corrected chi connectivity index (χ1v) is 6.99. The number of H-pyrrole nitrogens is 1. The molecule has 22 heavy (non-hydrogen) atoms. The highest BCUT2D eigenvalue weighted by Gasteiger charge is 2.23. The number of nitriles is 1. The third-order valence-electron chi connectivity index (χ3n) is 3.34. The third-order valence-corrected chi connectivity index (χ3v) is 4.03. The van der Waals surface area contributed by atoms with Crippen LogP contribution in [0.3, 0.4) is 0 Å². The monoisotopic (exact) mass is 359 g/mol. The fourth-order valence-electron chi connectivity index (χ4n) is 2.29. The number of anilines is 1. The number of aromatic amines is 1. The quantitative estimate of drug-likeness (QED) is 0.682. The van der Waals surface area contributed by atoms with Crippen LogP contribution in [0.25, 0.3) is 16.6 Å². The van der Waals surface area contributed by atoms with Gasteiger partial charge in [0.1, 0.15) is 6.07 Å². The Morgan fingerprint density at radius 1 is 1.55 bits per heavy atom. The number of ether oxygens (including phenoxy) is 1. The lowest BCUT2D eigenvalue weighted by Gasteiger charge is -2.10. The Morgan fingerprint density at radius 2 is 2.32 bits per heavy atom. The van der Waals surface area contributed by atoms with E-state index in [1.54, 1.807) is 12.3 Å². The van der Waals surface area contributed by atoms with E-state index in [9.17, 15) is 4.79 Å². The maximum Gasteiger partial charge on any atom is 0.357 e. The van der Waals surface area contributed by atoms with Gasteiger partial charge < -0.3 is 15.0 Å². The molecule has 0 aliphatic heterocycles. The van der Waals surface area contributed by atoms with E-state index in [0.717, 1.165) is 9.86 Å². The summed E-state index contributed by atoms with van der Waals surface area (Å²) in [5.41, 5.74) is 7.65. The van der Waals surface area contributed by atoms with Gasteiger partial charge in [-0.3, -0.25) is 5.10 Å². The van der Waals surface area contributed by atoms with Gasteiger partial charge in [-0.15, -0.1) is 0 Å².